The third-order valence-corrected chi connectivity index (χ3v) is 7.96. The van der Waals surface area contributed by atoms with E-state index in [1.54, 1.807) is 37.3 Å². The van der Waals surface area contributed by atoms with Crippen LogP contribution < -0.4 is 10.1 Å². The fraction of sp³-hybridized carbons (Fsp3) is 0.516. The van der Waals surface area contributed by atoms with Crippen molar-refractivity contribution in [3.63, 3.8) is 0 Å². The van der Waals surface area contributed by atoms with E-state index in [9.17, 15) is 39.0 Å². The number of carbonyl (C=O) groups is 6. The molecule has 0 bridgehead atoms. The van der Waals surface area contributed by atoms with Crippen LogP contribution in [0.1, 0.15) is 43.6 Å². The molecule has 260 valence electrons. The molecule has 0 aliphatic carbocycles. The highest BCUT2D eigenvalue weighted by Gasteiger charge is 2.42. The number of amides is 4. The Hall–Kier alpha value is -5.19. The molecule has 2 aromatic rings. The van der Waals surface area contributed by atoms with Crippen LogP contribution in [0.25, 0.3) is 5.69 Å². The summed E-state index contributed by atoms with van der Waals surface area (Å²) in [6.45, 7) is 3.99. The molecule has 2 aliphatic rings. The zero-order chi connectivity index (χ0) is 35.0. The maximum atomic E-state index is 13.5. The summed E-state index contributed by atoms with van der Waals surface area (Å²) in [5.41, 5.74) is 0.297. The van der Waals surface area contributed by atoms with Gasteiger partial charge in [-0.3, -0.25) is 19.2 Å². The largest absolute Gasteiger partial charge is 0.481 e. The van der Waals surface area contributed by atoms with Gasteiger partial charge in [-0.2, -0.15) is 5.10 Å². The molecule has 2 aliphatic heterocycles. The van der Waals surface area contributed by atoms with Crippen LogP contribution in [0.15, 0.2) is 36.4 Å². The Morgan fingerprint density at radius 3 is 2.31 bits per heavy atom. The summed E-state index contributed by atoms with van der Waals surface area (Å²) in [5, 5.41) is 26.4. The van der Waals surface area contributed by atoms with Crippen molar-refractivity contribution in [2.24, 2.45) is 0 Å². The van der Waals surface area contributed by atoms with Crippen molar-refractivity contribution in [3.05, 3.63) is 42.1 Å². The maximum Gasteiger partial charge on any atom is 0.409 e. The number of aliphatic carboxylic acids is 1. The third kappa shape index (κ3) is 8.58. The number of ether oxygens (including phenoxy) is 3. The molecule has 1 unspecified atom stereocenters. The lowest BCUT2D eigenvalue weighted by atomic mass is 10.1. The molecule has 3 heterocycles. The van der Waals surface area contributed by atoms with Crippen LogP contribution in [-0.4, -0.2) is 141 Å². The van der Waals surface area contributed by atoms with Crippen molar-refractivity contribution in [1.82, 2.24) is 29.8 Å². The average molecular weight is 673 g/mol. The standard InChI is InChI=1S/C31H40N6O11/c1-4-47-31(45)35-14-12-34(13-15-35)29(43)22(10-11-26(39)40)32-27(41)23-17-25(37(33-23)20-8-6-5-7-9-20)48-19(2)28(42)36-18-21(38)16-24(36)30(44)46-3/h5-9,17,19,21-22,24,38H,4,10-16,18H2,1-3H3,(H,32,41)(H,39,40)/t19-,21+,22?,24-/m0/s1. The highest BCUT2D eigenvalue weighted by atomic mass is 16.6. The lowest BCUT2D eigenvalue weighted by molar-refractivity contribution is -0.153. The quantitative estimate of drug-likeness (QED) is 0.255. The van der Waals surface area contributed by atoms with Gasteiger partial charge in [-0.15, -0.1) is 0 Å². The fourth-order valence-electron chi connectivity index (χ4n) is 5.50. The van der Waals surface area contributed by atoms with Crippen molar-refractivity contribution in [3.8, 4) is 11.6 Å². The number of β-amino-alcohol motifs (C(OH)–C–C–N with tert-alkyl or cyclic N) is 1. The number of nitrogens with one attached hydrogen (secondary N) is 1. The Bertz CT molecular complexity index is 1490. The van der Waals surface area contributed by atoms with Crippen LogP contribution >= 0.6 is 0 Å². The molecule has 2 saturated heterocycles. The summed E-state index contributed by atoms with van der Waals surface area (Å²) in [4.78, 5) is 80.2. The molecular weight excluding hydrogens is 632 g/mol. The van der Waals surface area contributed by atoms with Gasteiger partial charge in [-0.1, -0.05) is 18.2 Å². The highest BCUT2D eigenvalue weighted by Crippen LogP contribution is 2.24. The first kappa shape index (κ1) is 35.7. The van der Waals surface area contributed by atoms with E-state index >= 15 is 0 Å². The van der Waals surface area contributed by atoms with E-state index in [1.165, 1.54) is 39.5 Å². The Labute approximate surface area is 276 Å². The molecule has 4 rings (SSSR count). The fourth-order valence-corrected chi connectivity index (χ4v) is 5.50. The molecule has 17 nitrogen and oxygen atoms in total. The minimum Gasteiger partial charge on any atom is -0.481 e. The van der Waals surface area contributed by atoms with Gasteiger partial charge >= 0.3 is 18.0 Å². The van der Waals surface area contributed by atoms with E-state index < -0.39 is 66.5 Å². The summed E-state index contributed by atoms with van der Waals surface area (Å²) in [5.74, 6) is -3.75. The number of hydrogen-bond acceptors (Lipinski definition) is 11. The topological polar surface area (TPSA) is 210 Å². The van der Waals surface area contributed by atoms with E-state index in [2.05, 4.69) is 10.4 Å². The highest BCUT2D eigenvalue weighted by molar-refractivity contribution is 5.96. The first-order valence-electron chi connectivity index (χ1n) is 15.5. The molecule has 3 N–H and O–H groups in total. The van der Waals surface area contributed by atoms with Crippen molar-refractivity contribution in [1.29, 1.82) is 0 Å². The molecule has 1 aromatic heterocycles. The Balaban J connectivity index is 1.53. The molecule has 2 fully saturated rings. The van der Waals surface area contributed by atoms with Crippen LogP contribution in [0, 0.1) is 0 Å². The van der Waals surface area contributed by atoms with Gasteiger partial charge in [0.15, 0.2) is 11.8 Å². The second-order valence-electron chi connectivity index (χ2n) is 11.3. The smallest absolute Gasteiger partial charge is 0.409 e. The van der Waals surface area contributed by atoms with Crippen molar-refractivity contribution < 1.29 is 53.2 Å². The number of hydrogen-bond donors (Lipinski definition) is 3. The number of para-hydroxylation sites is 1. The van der Waals surface area contributed by atoms with Gasteiger partial charge in [-0.05, 0) is 32.4 Å². The molecular formula is C31H40N6O11. The molecule has 0 radical (unpaired) electrons. The normalized spacial score (nSPS) is 18.9. The number of aliphatic hydroxyl groups is 1. The molecule has 4 amide bonds. The van der Waals surface area contributed by atoms with Gasteiger partial charge in [-0.25, -0.2) is 14.3 Å². The second-order valence-corrected chi connectivity index (χ2v) is 11.3. The number of likely N-dealkylation sites (tertiary alicyclic amines) is 1. The monoisotopic (exact) mass is 672 g/mol. The van der Waals surface area contributed by atoms with E-state index in [0.29, 0.717) is 5.69 Å². The first-order valence-corrected chi connectivity index (χ1v) is 15.5. The lowest BCUT2D eigenvalue weighted by Gasteiger charge is -2.35. The van der Waals surface area contributed by atoms with E-state index in [-0.39, 0.29) is 63.7 Å². The number of methoxy groups -OCH3 is 1. The Kier molecular flexibility index (Phi) is 11.9. The van der Waals surface area contributed by atoms with Crippen molar-refractivity contribution in [2.45, 2.75) is 57.4 Å². The summed E-state index contributed by atoms with van der Waals surface area (Å²) in [7, 11) is 1.19. The predicted octanol–water partition coefficient (Wildman–Crippen LogP) is 0.0383. The van der Waals surface area contributed by atoms with E-state index in [1.807, 2.05) is 0 Å². The summed E-state index contributed by atoms with van der Waals surface area (Å²) < 4.78 is 17.1. The lowest BCUT2D eigenvalue weighted by Crippen LogP contribution is -2.56. The zero-order valence-electron chi connectivity index (χ0n) is 26.9. The van der Waals surface area contributed by atoms with Crippen molar-refractivity contribution >= 4 is 35.8 Å². The van der Waals surface area contributed by atoms with E-state index in [0.717, 1.165) is 0 Å². The summed E-state index contributed by atoms with van der Waals surface area (Å²) in [6, 6.07) is 7.67. The summed E-state index contributed by atoms with van der Waals surface area (Å²) >= 11 is 0. The maximum absolute atomic E-state index is 13.5. The summed E-state index contributed by atoms with van der Waals surface area (Å²) in [6.07, 6.45) is -3.19. The van der Waals surface area contributed by atoms with Gasteiger partial charge in [0.1, 0.15) is 12.1 Å². The number of carboxylic acid groups (broad SMARTS) is 1. The third-order valence-electron chi connectivity index (χ3n) is 7.96. The second kappa shape index (κ2) is 16.1. The minimum atomic E-state index is -1.22. The van der Waals surface area contributed by atoms with Crippen LogP contribution in [0.5, 0.6) is 5.88 Å². The number of carboxylic acids is 1. The molecule has 1 aromatic carbocycles. The number of esters is 1. The molecule has 4 atom stereocenters. The van der Waals surface area contributed by atoms with Gasteiger partial charge in [0.25, 0.3) is 11.8 Å². The number of aliphatic hydroxyl groups excluding tert-OH is 1. The predicted molar refractivity (Wildman–Crippen MR) is 165 cm³/mol. The number of benzene rings is 1. The molecule has 17 heteroatoms. The molecule has 0 spiro atoms. The van der Waals surface area contributed by atoms with Gasteiger partial charge in [0, 0.05) is 51.6 Å². The number of aromatic nitrogens is 2. The minimum absolute atomic E-state index is 0.00920. The van der Waals surface area contributed by atoms with Crippen molar-refractivity contribution in [2.75, 3.05) is 46.4 Å². The number of nitrogens with zero attached hydrogens (tertiary/aromatic N) is 5. The number of rotatable bonds is 12. The van der Waals surface area contributed by atoms with Gasteiger partial charge < -0.3 is 44.4 Å². The Morgan fingerprint density at radius 1 is 1.02 bits per heavy atom. The van der Waals surface area contributed by atoms with Gasteiger partial charge in [0.2, 0.25) is 11.8 Å². The number of piperazine rings is 1. The first-order chi connectivity index (χ1) is 22.9. The molecule has 0 saturated carbocycles. The molecule has 48 heavy (non-hydrogen) atoms. The van der Waals surface area contributed by atoms with E-state index in [4.69, 9.17) is 14.2 Å². The SMILES string of the molecule is CCOC(=O)N1CCN(C(=O)C(CCC(=O)O)NC(=O)c2cc(O[C@@H](C)C(=O)N3C[C@H](O)C[C@H]3C(=O)OC)n(-c3ccccc3)n2)CC1. The van der Waals surface area contributed by atoms with Crippen LogP contribution in [0.3, 0.4) is 0 Å². The Morgan fingerprint density at radius 2 is 1.69 bits per heavy atom. The van der Waals surface area contributed by atoms with Crippen LogP contribution in [0.2, 0.25) is 0 Å². The average Bonchev–Trinajstić information content (AvgIpc) is 3.69. The number of carbonyl (C=O) groups excluding carboxylic acids is 5. The van der Waals surface area contributed by atoms with Crippen LogP contribution in [-0.2, 0) is 28.7 Å². The van der Waals surface area contributed by atoms with Crippen LogP contribution in [0.4, 0.5) is 4.79 Å². The van der Waals surface area contributed by atoms with Gasteiger partial charge in [0.05, 0.1) is 25.5 Å². The zero-order valence-corrected chi connectivity index (χ0v) is 26.9.